The van der Waals surface area contributed by atoms with Crippen molar-refractivity contribution >= 4 is 45.1 Å². The number of hydrogen-bond donors (Lipinski definition) is 2. The highest BCUT2D eigenvalue weighted by Crippen LogP contribution is 2.31. The molecule has 1 fully saturated rings. The minimum atomic E-state index is -4.51. The van der Waals surface area contributed by atoms with Crippen LogP contribution in [0.3, 0.4) is 0 Å². The molecule has 1 saturated heterocycles. The molecule has 2 N–H and O–H groups in total. The number of aromatic nitrogens is 2. The van der Waals surface area contributed by atoms with Gasteiger partial charge < -0.3 is 10.6 Å². The molecule has 4 aromatic rings. The molecule has 15 heteroatoms. The van der Waals surface area contributed by atoms with Crippen LogP contribution in [0.1, 0.15) is 29.7 Å². The van der Waals surface area contributed by atoms with E-state index in [1.54, 1.807) is 18.2 Å². The van der Waals surface area contributed by atoms with E-state index in [1.165, 1.54) is 18.2 Å². The standard InChI is InChI=1S/C31H27Cl2F4N5O3S/c32-22-8-5-19(26(33)16-22)13-14-38-30-40-24(17-27(41-30)20-3-6-21(7-4-20)31(35,36)37)18-39-29(43)28-2-1-15-42(28)46(44,45)25-11-9-23(34)10-12-25/h3-12,16-17,28H,1-2,13-15,18H2,(H,39,43)(H,38,40,41). The van der Waals surface area contributed by atoms with Crippen LogP contribution >= 0.6 is 23.2 Å². The average Bonchev–Trinajstić information content (AvgIpc) is 3.52. The summed E-state index contributed by atoms with van der Waals surface area (Å²) in [5, 5.41) is 6.80. The zero-order valence-electron chi connectivity index (χ0n) is 24.0. The molecule has 0 aliphatic carbocycles. The van der Waals surface area contributed by atoms with E-state index in [2.05, 4.69) is 20.6 Å². The van der Waals surface area contributed by atoms with Gasteiger partial charge in [-0.25, -0.2) is 22.8 Å². The van der Waals surface area contributed by atoms with Gasteiger partial charge in [-0.2, -0.15) is 17.5 Å². The van der Waals surface area contributed by atoms with Crippen molar-refractivity contribution in [3.8, 4) is 11.3 Å². The number of hydrogen-bond acceptors (Lipinski definition) is 6. The smallest absolute Gasteiger partial charge is 0.354 e. The molecule has 0 bridgehead atoms. The first-order valence-corrected chi connectivity index (χ1v) is 16.3. The predicted octanol–water partition coefficient (Wildman–Crippen LogP) is 6.73. The first-order chi connectivity index (χ1) is 21.8. The van der Waals surface area contributed by atoms with Crippen LogP contribution in [0.4, 0.5) is 23.5 Å². The summed E-state index contributed by atoms with van der Waals surface area (Å²) in [6, 6.07) is 14.5. The molecule has 0 saturated carbocycles. The number of sulfonamides is 1. The highest BCUT2D eigenvalue weighted by atomic mass is 35.5. The molecule has 0 spiro atoms. The fraction of sp³-hybridized carbons (Fsp3) is 0.258. The number of anilines is 1. The van der Waals surface area contributed by atoms with Crippen molar-refractivity contribution in [2.45, 2.75) is 42.9 Å². The van der Waals surface area contributed by atoms with Gasteiger partial charge in [-0.3, -0.25) is 4.79 Å². The molecule has 1 amide bonds. The van der Waals surface area contributed by atoms with Gasteiger partial charge in [-0.15, -0.1) is 0 Å². The second-order valence-electron chi connectivity index (χ2n) is 10.5. The molecular formula is C31H27Cl2F4N5O3S. The van der Waals surface area contributed by atoms with Gasteiger partial charge in [0.1, 0.15) is 11.9 Å². The topological polar surface area (TPSA) is 104 Å². The minimum Gasteiger partial charge on any atom is -0.354 e. The lowest BCUT2D eigenvalue weighted by Gasteiger charge is -2.23. The van der Waals surface area contributed by atoms with E-state index in [1.807, 2.05) is 0 Å². The molecular weight excluding hydrogens is 669 g/mol. The Labute approximate surface area is 272 Å². The third-order valence-corrected chi connectivity index (χ3v) is 9.86. The molecule has 3 aromatic carbocycles. The highest BCUT2D eigenvalue weighted by Gasteiger charge is 2.39. The van der Waals surface area contributed by atoms with Crippen LogP contribution in [0.15, 0.2) is 77.7 Å². The summed E-state index contributed by atoms with van der Waals surface area (Å²) in [6.07, 6.45) is -3.29. The third kappa shape index (κ3) is 7.95. The molecule has 1 aliphatic rings. The summed E-state index contributed by atoms with van der Waals surface area (Å²) in [4.78, 5) is 22.1. The Morgan fingerprint density at radius 3 is 2.37 bits per heavy atom. The fourth-order valence-corrected chi connectivity index (χ4v) is 7.17. The van der Waals surface area contributed by atoms with Crippen molar-refractivity contribution in [1.82, 2.24) is 19.6 Å². The van der Waals surface area contributed by atoms with Crippen LogP contribution in [0.2, 0.25) is 10.0 Å². The molecule has 1 unspecified atom stereocenters. The van der Waals surface area contributed by atoms with E-state index in [9.17, 15) is 30.8 Å². The van der Waals surface area contributed by atoms with Crippen LogP contribution < -0.4 is 10.6 Å². The van der Waals surface area contributed by atoms with E-state index in [-0.39, 0.29) is 30.4 Å². The van der Waals surface area contributed by atoms with E-state index in [0.29, 0.717) is 46.4 Å². The van der Waals surface area contributed by atoms with Crippen molar-refractivity contribution in [1.29, 1.82) is 0 Å². The van der Waals surface area contributed by atoms with Gasteiger partial charge in [0.2, 0.25) is 21.9 Å². The molecule has 8 nitrogen and oxygen atoms in total. The number of halogens is 6. The Kier molecular flexibility index (Phi) is 10.2. The Bertz CT molecular complexity index is 1830. The predicted molar refractivity (Wildman–Crippen MR) is 166 cm³/mol. The normalized spacial score (nSPS) is 15.6. The summed E-state index contributed by atoms with van der Waals surface area (Å²) in [7, 11) is -4.06. The van der Waals surface area contributed by atoms with Crippen LogP contribution in [0.5, 0.6) is 0 Å². The molecule has 1 aliphatic heterocycles. The Morgan fingerprint density at radius 1 is 0.978 bits per heavy atom. The molecule has 242 valence electrons. The van der Waals surface area contributed by atoms with Gasteiger partial charge >= 0.3 is 6.18 Å². The molecule has 5 rings (SSSR count). The van der Waals surface area contributed by atoms with Gasteiger partial charge in [0.05, 0.1) is 28.4 Å². The van der Waals surface area contributed by atoms with Crippen LogP contribution in [-0.2, 0) is 34.0 Å². The first-order valence-electron chi connectivity index (χ1n) is 14.1. The molecule has 1 aromatic heterocycles. The minimum absolute atomic E-state index is 0.117. The summed E-state index contributed by atoms with van der Waals surface area (Å²) >= 11 is 12.2. The second kappa shape index (κ2) is 13.9. The molecule has 1 atom stereocenters. The van der Waals surface area contributed by atoms with Crippen LogP contribution in [0, 0.1) is 5.82 Å². The number of alkyl halides is 3. The number of rotatable bonds is 10. The Hall–Kier alpha value is -3.78. The van der Waals surface area contributed by atoms with Gasteiger partial charge in [-0.1, -0.05) is 41.4 Å². The van der Waals surface area contributed by atoms with Gasteiger partial charge in [0.25, 0.3) is 0 Å². The Balaban J connectivity index is 1.34. The number of nitrogens with one attached hydrogen (secondary N) is 2. The van der Waals surface area contributed by atoms with Gasteiger partial charge in [0.15, 0.2) is 0 Å². The van der Waals surface area contributed by atoms with Crippen LogP contribution in [0.25, 0.3) is 11.3 Å². The maximum Gasteiger partial charge on any atom is 0.416 e. The van der Waals surface area contributed by atoms with E-state index < -0.39 is 39.5 Å². The summed E-state index contributed by atoms with van der Waals surface area (Å²) < 4.78 is 80.4. The van der Waals surface area contributed by atoms with Crippen molar-refractivity contribution < 1.29 is 30.8 Å². The lowest BCUT2D eigenvalue weighted by atomic mass is 10.1. The van der Waals surface area contributed by atoms with Crippen molar-refractivity contribution in [3.63, 3.8) is 0 Å². The monoisotopic (exact) mass is 695 g/mol. The van der Waals surface area contributed by atoms with E-state index in [4.69, 9.17) is 23.2 Å². The number of benzene rings is 3. The van der Waals surface area contributed by atoms with Crippen molar-refractivity contribution in [2.75, 3.05) is 18.4 Å². The van der Waals surface area contributed by atoms with E-state index in [0.717, 1.165) is 46.3 Å². The molecule has 2 heterocycles. The zero-order valence-corrected chi connectivity index (χ0v) is 26.3. The SMILES string of the molecule is O=C(NCc1cc(-c2ccc(C(F)(F)F)cc2)nc(NCCc2ccc(Cl)cc2Cl)n1)C1CCCN1S(=O)(=O)c1ccc(F)cc1. The Morgan fingerprint density at radius 2 is 1.70 bits per heavy atom. The quantitative estimate of drug-likeness (QED) is 0.178. The number of carbonyl (C=O) groups excluding carboxylic acids is 1. The molecule has 0 radical (unpaired) electrons. The lowest BCUT2D eigenvalue weighted by molar-refractivity contribution is -0.137. The maximum absolute atomic E-state index is 13.4. The first kappa shape index (κ1) is 33.6. The summed E-state index contributed by atoms with van der Waals surface area (Å²) in [6.45, 7) is 0.352. The van der Waals surface area contributed by atoms with Crippen molar-refractivity contribution in [2.24, 2.45) is 0 Å². The average molecular weight is 697 g/mol. The van der Waals surface area contributed by atoms with Crippen molar-refractivity contribution in [3.05, 3.63) is 105 Å². The zero-order chi connectivity index (χ0) is 33.1. The third-order valence-electron chi connectivity index (χ3n) is 7.35. The lowest BCUT2D eigenvalue weighted by Crippen LogP contribution is -2.45. The van der Waals surface area contributed by atoms with E-state index >= 15 is 0 Å². The van der Waals surface area contributed by atoms with Crippen LogP contribution in [-0.4, -0.2) is 47.7 Å². The largest absolute Gasteiger partial charge is 0.416 e. The second-order valence-corrected chi connectivity index (χ2v) is 13.2. The van der Waals surface area contributed by atoms with Gasteiger partial charge in [-0.05, 0) is 79.4 Å². The number of amides is 1. The fourth-order valence-electron chi connectivity index (χ4n) is 5.01. The number of carbonyl (C=O) groups is 1. The maximum atomic E-state index is 13.4. The number of nitrogens with zero attached hydrogens (tertiary/aromatic N) is 3. The summed E-state index contributed by atoms with van der Waals surface area (Å²) in [5.41, 5.74) is 1.03. The molecule has 46 heavy (non-hydrogen) atoms. The van der Waals surface area contributed by atoms with Gasteiger partial charge in [0, 0.05) is 28.7 Å². The highest BCUT2D eigenvalue weighted by molar-refractivity contribution is 7.89. The summed E-state index contributed by atoms with van der Waals surface area (Å²) in [5.74, 6) is -0.976.